The molecule has 0 aromatic heterocycles. The Morgan fingerprint density at radius 1 is 0.583 bits per heavy atom. The van der Waals surface area contributed by atoms with Gasteiger partial charge < -0.3 is 0 Å². The SMILES string of the molecule is Cc1ccc(S(=O)(=O)OS(c2ccccc2)(c2c(F)cc(F)cc2F)c2c(F)cc(F)cc2F)cc1. The second-order valence-corrected chi connectivity index (χ2v) is 11.9. The molecule has 3 nitrogen and oxygen atoms in total. The standard InChI is InChI=1S/C25H16F6O3S2/c1-15-7-9-19(10-8-15)36(32,33)34-35(18-5-3-2-4-6-18,24-20(28)11-16(26)12-21(24)29)25-22(30)13-17(27)14-23(25)31/h2-14H,1H3. The van der Waals surface area contributed by atoms with Gasteiger partial charge in [0.25, 0.3) is 0 Å². The van der Waals surface area contributed by atoms with Crippen LogP contribution in [0.4, 0.5) is 26.3 Å². The Labute approximate surface area is 204 Å². The highest BCUT2D eigenvalue weighted by molar-refractivity contribution is 8.33. The van der Waals surface area contributed by atoms with Gasteiger partial charge >= 0.3 is 10.1 Å². The van der Waals surface area contributed by atoms with Gasteiger partial charge in [0, 0.05) is 29.2 Å². The van der Waals surface area contributed by atoms with Crippen LogP contribution < -0.4 is 0 Å². The van der Waals surface area contributed by atoms with E-state index in [1.807, 2.05) is 0 Å². The molecule has 0 spiro atoms. The fraction of sp³-hybridized carbons (Fsp3) is 0.0400. The maximum absolute atomic E-state index is 15.3. The van der Waals surface area contributed by atoms with Gasteiger partial charge in [-0.2, -0.15) is 8.42 Å². The predicted molar refractivity (Wildman–Crippen MR) is 121 cm³/mol. The van der Waals surface area contributed by atoms with E-state index in [9.17, 15) is 17.2 Å². The number of aryl methyl sites for hydroxylation is 1. The second-order valence-electron chi connectivity index (χ2n) is 7.60. The molecule has 0 saturated carbocycles. The molecule has 0 unspecified atom stereocenters. The van der Waals surface area contributed by atoms with Gasteiger partial charge in [-0.1, -0.05) is 35.9 Å². The summed E-state index contributed by atoms with van der Waals surface area (Å²) in [7, 11) is -9.51. The quantitative estimate of drug-likeness (QED) is 0.238. The lowest BCUT2D eigenvalue weighted by atomic mass is 10.2. The van der Waals surface area contributed by atoms with E-state index in [2.05, 4.69) is 0 Å². The van der Waals surface area contributed by atoms with Crippen molar-refractivity contribution in [1.29, 1.82) is 0 Å². The lowest BCUT2D eigenvalue weighted by molar-refractivity contribution is 0.473. The highest BCUT2D eigenvalue weighted by Crippen LogP contribution is 2.72. The fourth-order valence-corrected chi connectivity index (χ4v) is 8.81. The Kier molecular flexibility index (Phi) is 6.91. The first kappa shape index (κ1) is 25.8. The molecule has 0 bridgehead atoms. The molecule has 0 radical (unpaired) electrons. The first-order valence-corrected chi connectivity index (χ1v) is 13.1. The first-order chi connectivity index (χ1) is 17.0. The molecule has 4 aromatic carbocycles. The van der Waals surface area contributed by atoms with E-state index in [-0.39, 0.29) is 29.2 Å². The van der Waals surface area contributed by atoms with Gasteiger partial charge in [0.2, 0.25) is 0 Å². The fourth-order valence-electron chi connectivity index (χ4n) is 3.54. The molecule has 0 heterocycles. The molecule has 0 amide bonds. The zero-order valence-electron chi connectivity index (χ0n) is 18.3. The lowest BCUT2D eigenvalue weighted by Crippen LogP contribution is -2.19. The van der Waals surface area contributed by atoms with Gasteiger partial charge in [0.05, 0.1) is 14.7 Å². The van der Waals surface area contributed by atoms with Crippen molar-refractivity contribution in [2.75, 3.05) is 0 Å². The van der Waals surface area contributed by atoms with Crippen LogP contribution in [-0.2, 0) is 13.7 Å². The Bertz CT molecular complexity index is 1440. The summed E-state index contributed by atoms with van der Waals surface area (Å²) in [6.45, 7) is 1.67. The minimum atomic E-state index is -4.98. The summed E-state index contributed by atoms with van der Waals surface area (Å²) in [5.74, 6) is -9.36. The van der Waals surface area contributed by atoms with Crippen molar-refractivity contribution in [2.24, 2.45) is 0 Å². The third-order valence-corrected chi connectivity index (χ3v) is 10.3. The number of rotatable bonds is 6. The van der Waals surface area contributed by atoms with Gasteiger partial charge in [-0.3, -0.25) is 0 Å². The first-order valence-electron chi connectivity index (χ1n) is 10.2. The summed E-state index contributed by atoms with van der Waals surface area (Å²) in [6, 6.07) is 12.4. The highest BCUT2D eigenvalue weighted by atomic mass is 32.3. The maximum Gasteiger partial charge on any atom is 0.307 e. The van der Waals surface area contributed by atoms with Crippen LogP contribution >= 0.6 is 10.3 Å². The van der Waals surface area contributed by atoms with Crippen LogP contribution in [0.3, 0.4) is 0 Å². The zero-order chi connectivity index (χ0) is 26.3. The molecule has 4 aromatic rings. The van der Waals surface area contributed by atoms with Gasteiger partial charge in [0.15, 0.2) is 0 Å². The van der Waals surface area contributed by atoms with E-state index in [1.54, 1.807) is 6.92 Å². The predicted octanol–water partition coefficient (Wildman–Crippen LogP) is 7.43. The molecule has 11 heteroatoms. The summed E-state index contributed by atoms with van der Waals surface area (Å²) in [4.78, 5) is -3.31. The summed E-state index contributed by atoms with van der Waals surface area (Å²) in [6.07, 6.45) is 0. The molecule has 0 aliphatic rings. The van der Waals surface area contributed by atoms with Crippen molar-refractivity contribution in [3.8, 4) is 0 Å². The minimum absolute atomic E-state index is 0.226. The van der Waals surface area contributed by atoms with E-state index >= 15 is 17.6 Å². The average Bonchev–Trinajstić information content (AvgIpc) is 2.78. The van der Waals surface area contributed by atoms with Crippen molar-refractivity contribution < 1.29 is 38.4 Å². The van der Waals surface area contributed by atoms with Crippen molar-refractivity contribution in [3.63, 3.8) is 0 Å². The summed E-state index contributed by atoms with van der Waals surface area (Å²) >= 11 is 0. The molecular formula is C25H16F6O3S2. The number of hydrogen-bond acceptors (Lipinski definition) is 3. The molecular weight excluding hydrogens is 526 g/mol. The number of halogens is 6. The highest BCUT2D eigenvalue weighted by Gasteiger charge is 2.46. The van der Waals surface area contributed by atoms with Crippen LogP contribution in [0.2, 0.25) is 0 Å². The summed E-state index contributed by atoms with van der Waals surface area (Å²) in [5.41, 5.74) is 0.668. The molecule has 0 fully saturated rings. The molecule has 0 aliphatic carbocycles. The smallest absolute Gasteiger partial charge is 0.207 e. The third-order valence-electron chi connectivity index (χ3n) is 5.08. The molecule has 0 atom stereocenters. The van der Waals surface area contributed by atoms with Crippen molar-refractivity contribution in [3.05, 3.63) is 119 Å². The van der Waals surface area contributed by atoms with E-state index in [4.69, 9.17) is 3.63 Å². The van der Waals surface area contributed by atoms with Gasteiger partial charge in [-0.05, 0) is 41.5 Å². The summed E-state index contributed by atoms with van der Waals surface area (Å²) < 4.78 is 121. The zero-order valence-corrected chi connectivity index (χ0v) is 19.9. The van der Waals surface area contributed by atoms with Gasteiger partial charge in [-0.25, -0.2) is 30.0 Å². The molecule has 36 heavy (non-hydrogen) atoms. The topological polar surface area (TPSA) is 43.4 Å². The number of benzene rings is 4. The molecule has 0 N–H and O–H groups in total. The Morgan fingerprint density at radius 2 is 1.00 bits per heavy atom. The van der Waals surface area contributed by atoms with Crippen molar-refractivity contribution >= 4 is 20.4 Å². The van der Waals surface area contributed by atoms with Gasteiger partial charge in [-0.15, -0.1) is 0 Å². The average molecular weight is 543 g/mol. The normalized spacial score (nSPS) is 12.5. The lowest BCUT2D eigenvalue weighted by Gasteiger charge is -2.39. The maximum atomic E-state index is 15.3. The van der Waals surface area contributed by atoms with Crippen LogP contribution in [0.25, 0.3) is 0 Å². The van der Waals surface area contributed by atoms with E-state index in [1.165, 1.54) is 30.3 Å². The molecule has 0 aliphatic heterocycles. The van der Waals surface area contributed by atoms with E-state index < -0.39 is 70.0 Å². The van der Waals surface area contributed by atoms with Gasteiger partial charge in [0.1, 0.15) is 34.9 Å². The van der Waals surface area contributed by atoms with E-state index in [0.717, 1.165) is 24.3 Å². The van der Waals surface area contributed by atoms with Crippen LogP contribution in [0.1, 0.15) is 5.56 Å². The Hall–Kier alpha value is -3.28. The minimum Gasteiger partial charge on any atom is -0.207 e. The Morgan fingerprint density at radius 3 is 1.42 bits per heavy atom. The molecule has 188 valence electrons. The number of hydrogen-bond donors (Lipinski definition) is 0. The van der Waals surface area contributed by atoms with Crippen molar-refractivity contribution in [2.45, 2.75) is 26.5 Å². The largest absolute Gasteiger partial charge is 0.307 e. The summed E-state index contributed by atoms with van der Waals surface area (Å²) in [5, 5.41) is 0. The monoisotopic (exact) mass is 542 g/mol. The molecule has 0 saturated heterocycles. The molecule has 4 rings (SSSR count). The third kappa shape index (κ3) is 4.61. The van der Waals surface area contributed by atoms with Crippen LogP contribution in [-0.4, -0.2) is 8.42 Å². The van der Waals surface area contributed by atoms with Crippen molar-refractivity contribution in [1.82, 2.24) is 0 Å². The van der Waals surface area contributed by atoms with Crippen LogP contribution in [0, 0.1) is 41.8 Å². The second kappa shape index (κ2) is 9.64. The van der Waals surface area contributed by atoms with Crippen LogP contribution in [0.15, 0.2) is 98.4 Å². The van der Waals surface area contributed by atoms with Crippen LogP contribution in [0.5, 0.6) is 0 Å². The Balaban J connectivity index is 2.18. The van der Waals surface area contributed by atoms with E-state index in [0.29, 0.717) is 5.56 Å².